The Bertz CT molecular complexity index is 610. The minimum atomic E-state index is -0.934. The highest BCUT2D eigenvalue weighted by Gasteiger charge is 2.02. The molecule has 0 atom stereocenters. The molecular formula is C17H18O4S. The summed E-state index contributed by atoms with van der Waals surface area (Å²) >= 11 is 1.69. The van der Waals surface area contributed by atoms with E-state index in [1.807, 2.05) is 31.2 Å². The van der Waals surface area contributed by atoms with Gasteiger partial charge in [-0.25, -0.2) is 4.79 Å². The van der Waals surface area contributed by atoms with Crippen molar-refractivity contribution in [3.63, 3.8) is 0 Å². The fraction of sp³-hybridized carbons (Fsp3) is 0.235. The summed E-state index contributed by atoms with van der Waals surface area (Å²) in [4.78, 5) is 11.9. The summed E-state index contributed by atoms with van der Waals surface area (Å²) in [5.41, 5.74) is 0.259. The smallest absolute Gasteiger partial charge is 0.335 e. The first-order valence-electron chi connectivity index (χ1n) is 7.01. The van der Waals surface area contributed by atoms with Gasteiger partial charge in [0.05, 0.1) is 18.8 Å². The zero-order chi connectivity index (χ0) is 15.8. The van der Waals surface area contributed by atoms with Crippen LogP contribution in [0.3, 0.4) is 0 Å². The van der Waals surface area contributed by atoms with Crippen LogP contribution >= 0.6 is 11.8 Å². The molecule has 1 N–H and O–H groups in total. The Morgan fingerprint density at radius 2 is 1.86 bits per heavy atom. The third kappa shape index (κ3) is 5.00. The van der Waals surface area contributed by atoms with Crippen LogP contribution < -0.4 is 9.47 Å². The first-order valence-corrected chi connectivity index (χ1v) is 7.99. The van der Waals surface area contributed by atoms with Crippen LogP contribution in [0.4, 0.5) is 0 Å². The Morgan fingerprint density at radius 1 is 1.09 bits per heavy atom. The van der Waals surface area contributed by atoms with E-state index in [-0.39, 0.29) is 5.56 Å². The van der Waals surface area contributed by atoms with Gasteiger partial charge in [-0.2, -0.15) is 0 Å². The number of aromatic carboxylic acids is 1. The lowest BCUT2D eigenvalue weighted by Gasteiger charge is -2.08. The number of hydrogen-bond acceptors (Lipinski definition) is 4. The predicted molar refractivity (Wildman–Crippen MR) is 87.2 cm³/mol. The van der Waals surface area contributed by atoms with E-state index in [4.69, 9.17) is 14.6 Å². The second-order valence-electron chi connectivity index (χ2n) is 4.43. The molecule has 0 saturated carbocycles. The van der Waals surface area contributed by atoms with Crippen molar-refractivity contribution < 1.29 is 19.4 Å². The molecule has 2 aromatic rings. The average molecular weight is 318 g/mol. The maximum absolute atomic E-state index is 10.7. The number of rotatable bonds is 8. The van der Waals surface area contributed by atoms with Gasteiger partial charge in [-0.05, 0) is 49.4 Å². The zero-order valence-corrected chi connectivity index (χ0v) is 13.1. The quantitative estimate of drug-likeness (QED) is 0.590. The number of carboxylic acid groups (broad SMARTS) is 1. The minimum absolute atomic E-state index is 0.259. The molecule has 0 heterocycles. The topological polar surface area (TPSA) is 55.8 Å². The maximum Gasteiger partial charge on any atom is 0.335 e. The standard InChI is InChI=1S/C17H18O4S/c1-2-20-15-4-3-5-16(12-15)22-11-10-21-14-8-6-13(7-9-14)17(18)19/h3-9,12H,2,10-11H2,1H3,(H,18,19). The Hall–Kier alpha value is -2.14. The highest BCUT2D eigenvalue weighted by molar-refractivity contribution is 7.99. The van der Waals surface area contributed by atoms with Gasteiger partial charge in [-0.15, -0.1) is 11.8 Å². The summed E-state index contributed by atoms with van der Waals surface area (Å²) < 4.78 is 11.1. The molecule has 0 amide bonds. The van der Waals surface area contributed by atoms with Crippen LogP contribution in [0.1, 0.15) is 17.3 Å². The molecule has 0 fully saturated rings. The maximum atomic E-state index is 10.7. The second-order valence-corrected chi connectivity index (χ2v) is 5.60. The van der Waals surface area contributed by atoms with Crippen molar-refractivity contribution in [2.75, 3.05) is 19.0 Å². The molecule has 116 valence electrons. The summed E-state index contributed by atoms with van der Waals surface area (Å²) in [6.07, 6.45) is 0. The molecule has 2 rings (SSSR count). The van der Waals surface area contributed by atoms with Crippen LogP contribution in [-0.2, 0) is 0 Å². The molecule has 0 aromatic heterocycles. The Morgan fingerprint density at radius 3 is 2.55 bits per heavy atom. The predicted octanol–water partition coefficient (Wildman–Crippen LogP) is 3.95. The molecule has 0 saturated heterocycles. The van der Waals surface area contributed by atoms with Crippen molar-refractivity contribution in [2.24, 2.45) is 0 Å². The third-order valence-corrected chi connectivity index (χ3v) is 3.80. The highest BCUT2D eigenvalue weighted by Crippen LogP contribution is 2.23. The van der Waals surface area contributed by atoms with Crippen LogP contribution in [0.2, 0.25) is 0 Å². The number of benzene rings is 2. The Labute approximate surface area is 134 Å². The van der Waals surface area contributed by atoms with E-state index < -0.39 is 5.97 Å². The first kappa shape index (κ1) is 16.2. The fourth-order valence-corrected chi connectivity index (χ4v) is 2.61. The number of carboxylic acids is 1. The lowest BCUT2D eigenvalue weighted by atomic mass is 10.2. The van der Waals surface area contributed by atoms with Gasteiger partial charge in [-0.1, -0.05) is 6.07 Å². The summed E-state index contributed by atoms with van der Waals surface area (Å²) in [7, 11) is 0. The lowest BCUT2D eigenvalue weighted by molar-refractivity contribution is 0.0697. The van der Waals surface area contributed by atoms with Gasteiger partial charge in [0.1, 0.15) is 11.5 Å². The molecular weight excluding hydrogens is 300 g/mol. The van der Waals surface area contributed by atoms with Crippen molar-refractivity contribution in [1.82, 2.24) is 0 Å². The zero-order valence-electron chi connectivity index (χ0n) is 12.3. The van der Waals surface area contributed by atoms with Crippen LogP contribution in [-0.4, -0.2) is 30.0 Å². The molecule has 22 heavy (non-hydrogen) atoms. The second kappa shape index (κ2) is 8.34. The van der Waals surface area contributed by atoms with Gasteiger partial charge in [-0.3, -0.25) is 0 Å². The van der Waals surface area contributed by atoms with E-state index in [0.29, 0.717) is 19.0 Å². The van der Waals surface area contributed by atoms with Gasteiger partial charge in [0.15, 0.2) is 0 Å². The molecule has 0 bridgehead atoms. The number of carbonyl (C=O) groups is 1. The Kier molecular flexibility index (Phi) is 6.15. The number of ether oxygens (including phenoxy) is 2. The Balaban J connectivity index is 1.77. The van der Waals surface area contributed by atoms with Crippen LogP contribution in [0.5, 0.6) is 11.5 Å². The van der Waals surface area contributed by atoms with Gasteiger partial charge < -0.3 is 14.6 Å². The summed E-state index contributed by atoms with van der Waals surface area (Å²) in [6, 6.07) is 14.4. The highest BCUT2D eigenvalue weighted by atomic mass is 32.2. The van der Waals surface area contributed by atoms with Gasteiger partial charge in [0.25, 0.3) is 0 Å². The van der Waals surface area contributed by atoms with Crippen molar-refractivity contribution >= 4 is 17.7 Å². The van der Waals surface area contributed by atoms with E-state index in [9.17, 15) is 4.79 Å². The van der Waals surface area contributed by atoms with Crippen molar-refractivity contribution in [1.29, 1.82) is 0 Å². The molecule has 0 spiro atoms. The monoisotopic (exact) mass is 318 g/mol. The molecule has 5 heteroatoms. The molecule has 0 aliphatic rings. The van der Waals surface area contributed by atoms with E-state index in [1.54, 1.807) is 23.9 Å². The minimum Gasteiger partial charge on any atom is -0.494 e. The van der Waals surface area contributed by atoms with Gasteiger partial charge >= 0.3 is 5.97 Å². The average Bonchev–Trinajstić information content (AvgIpc) is 2.53. The van der Waals surface area contributed by atoms with Crippen LogP contribution in [0.25, 0.3) is 0 Å². The largest absolute Gasteiger partial charge is 0.494 e. The number of hydrogen-bond donors (Lipinski definition) is 1. The van der Waals surface area contributed by atoms with Crippen LogP contribution in [0, 0.1) is 0 Å². The molecule has 2 aromatic carbocycles. The molecule has 0 aliphatic heterocycles. The van der Waals surface area contributed by atoms with Crippen molar-refractivity contribution in [3.8, 4) is 11.5 Å². The molecule has 0 radical (unpaired) electrons. The van der Waals surface area contributed by atoms with Gasteiger partial charge in [0, 0.05) is 10.6 Å². The third-order valence-electron chi connectivity index (χ3n) is 2.84. The fourth-order valence-electron chi connectivity index (χ4n) is 1.83. The molecule has 0 aliphatic carbocycles. The number of thioether (sulfide) groups is 1. The van der Waals surface area contributed by atoms with E-state index in [2.05, 4.69) is 0 Å². The van der Waals surface area contributed by atoms with E-state index >= 15 is 0 Å². The van der Waals surface area contributed by atoms with Crippen molar-refractivity contribution in [3.05, 3.63) is 54.1 Å². The van der Waals surface area contributed by atoms with E-state index in [1.165, 1.54) is 12.1 Å². The SMILES string of the molecule is CCOc1cccc(SCCOc2ccc(C(=O)O)cc2)c1. The molecule has 4 nitrogen and oxygen atoms in total. The first-order chi connectivity index (χ1) is 10.7. The normalized spacial score (nSPS) is 10.2. The lowest BCUT2D eigenvalue weighted by Crippen LogP contribution is -2.01. The summed E-state index contributed by atoms with van der Waals surface area (Å²) in [6.45, 7) is 3.17. The summed E-state index contributed by atoms with van der Waals surface area (Å²) in [5.74, 6) is 1.42. The molecule has 0 unspecified atom stereocenters. The van der Waals surface area contributed by atoms with Crippen LogP contribution in [0.15, 0.2) is 53.4 Å². The summed E-state index contributed by atoms with van der Waals surface area (Å²) in [5, 5.41) is 8.82. The van der Waals surface area contributed by atoms with Crippen molar-refractivity contribution in [2.45, 2.75) is 11.8 Å². The van der Waals surface area contributed by atoms with Gasteiger partial charge in [0.2, 0.25) is 0 Å². The van der Waals surface area contributed by atoms with E-state index in [0.717, 1.165) is 16.4 Å².